The van der Waals surface area contributed by atoms with Crippen LogP contribution in [0.4, 0.5) is 0 Å². The predicted molar refractivity (Wildman–Crippen MR) is 61.8 cm³/mol. The minimum Gasteiger partial charge on any atom is -0.373 e. The number of Topliss-reactive ketones (excluding diaryl/α,β-unsaturated/α-hetero) is 1. The Labute approximate surface area is 92.7 Å². The number of carbonyl (C=O) groups excluding carboxylic acids is 1. The minimum absolute atomic E-state index is 0.121. The number of carbonyl (C=O) groups is 1. The van der Waals surface area contributed by atoms with E-state index in [-0.39, 0.29) is 17.3 Å². The van der Waals surface area contributed by atoms with Gasteiger partial charge in [-0.05, 0) is 36.7 Å². The maximum atomic E-state index is 12.2. The van der Waals surface area contributed by atoms with E-state index in [0.29, 0.717) is 0 Å². The highest BCUT2D eigenvalue weighted by Crippen LogP contribution is 2.28. The Bertz CT molecular complexity index is 258. The topological polar surface area (TPSA) is 26.3 Å². The fraction of sp³-hybridized carbons (Fsp3) is 0.769. The van der Waals surface area contributed by atoms with E-state index in [0.717, 1.165) is 24.8 Å². The molecule has 0 fully saturated rings. The van der Waals surface area contributed by atoms with Gasteiger partial charge in [0.2, 0.25) is 0 Å². The summed E-state index contributed by atoms with van der Waals surface area (Å²) in [5.74, 6) is 0.185. The number of ether oxygens (including phenoxy) is 1. The van der Waals surface area contributed by atoms with Gasteiger partial charge in [0.05, 0.1) is 0 Å². The highest BCUT2D eigenvalue weighted by Gasteiger charge is 2.32. The Hall–Kier alpha value is -0.630. The monoisotopic (exact) mass is 210 g/mol. The number of rotatable bonds is 3. The van der Waals surface area contributed by atoms with Crippen LogP contribution in [0.5, 0.6) is 0 Å². The summed E-state index contributed by atoms with van der Waals surface area (Å²) in [7, 11) is 1.62. The Morgan fingerprint density at radius 2 is 2.07 bits per heavy atom. The molecule has 1 aliphatic rings. The van der Waals surface area contributed by atoms with Gasteiger partial charge >= 0.3 is 0 Å². The number of hydrogen-bond donors (Lipinski definition) is 0. The molecule has 0 saturated carbocycles. The fourth-order valence-electron chi connectivity index (χ4n) is 2.08. The summed E-state index contributed by atoms with van der Waals surface area (Å²) < 4.78 is 5.34. The number of hydrogen-bond acceptors (Lipinski definition) is 2. The highest BCUT2D eigenvalue weighted by atomic mass is 16.5. The van der Waals surface area contributed by atoms with E-state index in [2.05, 4.69) is 6.08 Å². The molecular weight excluding hydrogens is 188 g/mol. The molecule has 2 heteroatoms. The van der Waals surface area contributed by atoms with Crippen LogP contribution in [-0.2, 0) is 9.53 Å². The first-order valence-corrected chi connectivity index (χ1v) is 5.73. The maximum absolute atomic E-state index is 12.2. The average Bonchev–Trinajstić information content (AvgIpc) is 2.18. The highest BCUT2D eigenvalue weighted by molar-refractivity contribution is 5.99. The summed E-state index contributed by atoms with van der Waals surface area (Å²) in [4.78, 5) is 12.2. The van der Waals surface area contributed by atoms with Crippen molar-refractivity contribution >= 4 is 5.78 Å². The Morgan fingerprint density at radius 3 is 2.47 bits per heavy atom. The van der Waals surface area contributed by atoms with E-state index < -0.39 is 0 Å². The van der Waals surface area contributed by atoms with Gasteiger partial charge < -0.3 is 4.74 Å². The van der Waals surface area contributed by atoms with Crippen LogP contribution >= 0.6 is 0 Å². The van der Waals surface area contributed by atoms with Crippen molar-refractivity contribution < 1.29 is 9.53 Å². The molecule has 0 aromatic heterocycles. The second kappa shape index (κ2) is 4.93. The molecular formula is C13H22O2. The van der Waals surface area contributed by atoms with Gasteiger partial charge in [0.25, 0.3) is 0 Å². The molecule has 1 unspecified atom stereocenters. The van der Waals surface area contributed by atoms with Crippen LogP contribution in [0.3, 0.4) is 0 Å². The maximum Gasteiger partial charge on any atom is 0.187 e. The van der Waals surface area contributed by atoms with Gasteiger partial charge in [-0.1, -0.05) is 26.8 Å². The molecule has 2 nitrogen and oxygen atoms in total. The molecule has 0 saturated heterocycles. The first kappa shape index (κ1) is 12.4. The summed E-state index contributed by atoms with van der Waals surface area (Å²) in [5.41, 5.74) is 0.854. The van der Waals surface area contributed by atoms with E-state index in [1.165, 1.54) is 6.42 Å². The molecule has 15 heavy (non-hydrogen) atoms. The van der Waals surface area contributed by atoms with Crippen LogP contribution in [0.2, 0.25) is 0 Å². The van der Waals surface area contributed by atoms with Crippen molar-refractivity contribution in [3.63, 3.8) is 0 Å². The summed E-state index contributed by atoms with van der Waals surface area (Å²) in [6, 6.07) is 0. The zero-order valence-electron chi connectivity index (χ0n) is 10.3. The quantitative estimate of drug-likeness (QED) is 0.715. The molecule has 0 radical (unpaired) electrons. The molecule has 86 valence electrons. The van der Waals surface area contributed by atoms with Crippen molar-refractivity contribution in [1.29, 1.82) is 0 Å². The Balaban J connectivity index is 2.77. The summed E-state index contributed by atoms with van der Waals surface area (Å²) in [5, 5.41) is 0. The summed E-state index contributed by atoms with van der Waals surface area (Å²) in [6.07, 6.45) is 6.10. The normalized spacial score (nSPS) is 19.6. The summed E-state index contributed by atoms with van der Waals surface area (Å²) in [6.45, 7) is 6.13. The van der Waals surface area contributed by atoms with Gasteiger partial charge in [-0.2, -0.15) is 0 Å². The molecule has 1 aliphatic carbocycles. The van der Waals surface area contributed by atoms with Gasteiger partial charge in [0, 0.05) is 7.11 Å². The average molecular weight is 210 g/mol. The zero-order valence-corrected chi connectivity index (χ0v) is 10.3. The molecule has 1 atom stereocenters. The van der Waals surface area contributed by atoms with Gasteiger partial charge in [-0.3, -0.25) is 4.79 Å². The van der Waals surface area contributed by atoms with Crippen molar-refractivity contribution in [2.24, 2.45) is 5.41 Å². The lowest BCUT2D eigenvalue weighted by Crippen LogP contribution is -2.37. The number of allylic oxidation sites excluding steroid dienone is 1. The smallest absolute Gasteiger partial charge is 0.187 e. The lowest BCUT2D eigenvalue weighted by Gasteiger charge is -2.29. The van der Waals surface area contributed by atoms with Gasteiger partial charge in [0.15, 0.2) is 5.78 Å². The first-order valence-electron chi connectivity index (χ1n) is 5.73. The van der Waals surface area contributed by atoms with Crippen LogP contribution in [0.25, 0.3) is 0 Å². The third-order valence-corrected chi connectivity index (χ3v) is 2.87. The second-order valence-corrected chi connectivity index (χ2v) is 5.32. The van der Waals surface area contributed by atoms with Crippen LogP contribution in [0.1, 0.15) is 46.5 Å². The van der Waals surface area contributed by atoms with Crippen molar-refractivity contribution in [3.8, 4) is 0 Å². The third kappa shape index (κ3) is 3.16. The lowest BCUT2D eigenvalue weighted by molar-refractivity contribution is -0.131. The molecule has 1 rings (SSSR count). The Kier molecular flexibility index (Phi) is 4.09. The first-order chi connectivity index (χ1) is 6.96. The largest absolute Gasteiger partial charge is 0.373 e. The van der Waals surface area contributed by atoms with E-state index in [1.54, 1.807) is 7.11 Å². The van der Waals surface area contributed by atoms with Crippen molar-refractivity contribution in [2.75, 3.05) is 7.11 Å². The molecule has 0 heterocycles. The van der Waals surface area contributed by atoms with E-state index in [1.807, 2.05) is 20.8 Å². The molecule has 0 bridgehead atoms. The molecule has 0 amide bonds. The fourth-order valence-corrected chi connectivity index (χ4v) is 2.08. The SMILES string of the molecule is COC(C(=O)C1=CCCCC1)C(C)(C)C. The van der Waals surface area contributed by atoms with Gasteiger partial charge in [0.1, 0.15) is 6.10 Å². The number of methoxy groups -OCH3 is 1. The third-order valence-electron chi connectivity index (χ3n) is 2.87. The van der Waals surface area contributed by atoms with Crippen molar-refractivity contribution in [1.82, 2.24) is 0 Å². The van der Waals surface area contributed by atoms with Crippen LogP contribution in [0, 0.1) is 5.41 Å². The van der Waals surface area contributed by atoms with Crippen molar-refractivity contribution in [3.05, 3.63) is 11.6 Å². The van der Waals surface area contributed by atoms with E-state index >= 15 is 0 Å². The van der Waals surface area contributed by atoms with Crippen molar-refractivity contribution in [2.45, 2.75) is 52.6 Å². The van der Waals surface area contributed by atoms with Crippen LogP contribution < -0.4 is 0 Å². The van der Waals surface area contributed by atoms with Crippen LogP contribution in [-0.4, -0.2) is 19.0 Å². The Morgan fingerprint density at radius 1 is 1.40 bits per heavy atom. The van der Waals surface area contributed by atoms with Gasteiger partial charge in [-0.15, -0.1) is 0 Å². The molecule has 0 aliphatic heterocycles. The van der Waals surface area contributed by atoms with E-state index in [9.17, 15) is 4.79 Å². The molecule has 0 spiro atoms. The summed E-state index contributed by atoms with van der Waals surface area (Å²) >= 11 is 0. The van der Waals surface area contributed by atoms with Gasteiger partial charge in [-0.25, -0.2) is 0 Å². The number of ketones is 1. The molecule has 0 aromatic carbocycles. The molecule has 0 aromatic rings. The minimum atomic E-state index is -0.304. The molecule has 0 N–H and O–H groups in total. The predicted octanol–water partition coefficient (Wildman–Crippen LogP) is 3.12. The zero-order chi connectivity index (χ0) is 11.5. The lowest BCUT2D eigenvalue weighted by atomic mass is 9.82. The van der Waals surface area contributed by atoms with Crippen LogP contribution in [0.15, 0.2) is 11.6 Å². The standard InChI is InChI=1S/C13H22O2/c1-13(2,3)12(15-4)11(14)10-8-6-5-7-9-10/h8,12H,5-7,9H2,1-4H3. The van der Waals surface area contributed by atoms with E-state index in [4.69, 9.17) is 4.74 Å². The second-order valence-electron chi connectivity index (χ2n) is 5.32.